The van der Waals surface area contributed by atoms with E-state index in [9.17, 15) is 9.59 Å². The fraction of sp³-hybridized carbons (Fsp3) is 0.233. The number of halogens is 1. The molecule has 1 aromatic heterocycles. The van der Waals surface area contributed by atoms with Crippen molar-refractivity contribution in [3.8, 4) is 28.4 Å². The number of carbonyl (C=O) groups is 2. The van der Waals surface area contributed by atoms with E-state index in [0.29, 0.717) is 40.3 Å². The second-order valence-electron chi connectivity index (χ2n) is 9.86. The van der Waals surface area contributed by atoms with Gasteiger partial charge in [-0.2, -0.15) is 0 Å². The highest BCUT2D eigenvalue weighted by Crippen LogP contribution is 2.33. The molecule has 0 spiro atoms. The van der Waals surface area contributed by atoms with Crippen LogP contribution >= 0.6 is 11.6 Å². The lowest BCUT2D eigenvalue weighted by Gasteiger charge is -2.24. The van der Waals surface area contributed by atoms with Crippen molar-refractivity contribution in [3.63, 3.8) is 0 Å². The lowest BCUT2D eigenvalue weighted by Crippen LogP contribution is -2.40. The zero-order valence-corrected chi connectivity index (χ0v) is 22.7. The number of ether oxygens (including phenoxy) is 2. The summed E-state index contributed by atoms with van der Waals surface area (Å²) >= 11 is 6.07. The van der Waals surface area contributed by atoms with E-state index in [1.807, 2.05) is 67.9 Å². The number of hydrogen-bond acceptors (Lipinski definition) is 5. The number of nitrogens with zero attached hydrogens (tertiary/aromatic N) is 3. The lowest BCUT2D eigenvalue weighted by molar-refractivity contribution is -0.117. The van der Waals surface area contributed by atoms with E-state index in [2.05, 4.69) is 5.32 Å². The van der Waals surface area contributed by atoms with Gasteiger partial charge in [0.05, 0.1) is 5.69 Å². The van der Waals surface area contributed by atoms with Crippen molar-refractivity contribution in [2.75, 3.05) is 25.2 Å². The molecule has 0 unspecified atom stereocenters. The molecule has 5 rings (SSSR count). The Morgan fingerprint density at radius 3 is 2.56 bits per heavy atom. The Hall–Kier alpha value is -4.30. The third-order valence-corrected chi connectivity index (χ3v) is 6.46. The lowest BCUT2D eigenvalue weighted by atomic mass is 10.1. The highest BCUT2D eigenvalue weighted by Gasteiger charge is 2.24. The maximum atomic E-state index is 13.4. The van der Waals surface area contributed by atoms with Gasteiger partial charge < -0.3 is 14.4 Å². The maximum absolute atomic E-state index is 13.4. The van der Waals surface area contributed by atoms with Crippen LogP contribution in [0, 0.1) is 12.8 Å². The first-order valence-electron chi connectivity index (χ1n) is 12.7. The summed E-state index contributed by atoms with van der Waals surface area (Å²) in [5.41, 5.74) is 3.90. The summed E-state index contributed by atoms with van der Waals surface area (Å²) in [6, 6.07) is 20.3. The van der Waals surface area contributed by atoms with Crippen LogP contribution in [0.5, 0.6) is 11.5 Å². The van der Waals surface area contributed by atoms with Gasteiger partial charge in [0, 0.05) is 34.6 Å². The van der Waals surface area contributed by atoms with Gasteiger partial charge in [0.15, 0.2) is 11.5 Å². The van der Waals surface area contributed by atoms with Gasteiger partial charge >= 0.3 is 0 Å². The number of fused-ring (bicyclic) bond motifs is 1. The molecule has 1 N–H and O–H groups in total. The van der Waals surface area contributed by atoms with Crippen LogP contribution in [0.1, 0.15) is 29.8 Å². The summed E-state index contributed by atoms with van der Waals surface area (Å²) in [6.45, 7) is 6.40. The molecular formula is C30H29ClN4O4. The van der Waals surface area contributed by atoms with Gasteiger partial charge in [-0.05, 0) is 60.9 Å². The van der Waals surface area contributed by atoms with Crippen LogP contribution < -0.4 is 14.8 Å². The first-order valence-corrected chi connectivity index (χ1v) is 13.1. The molecule has 8 nitrogen and oxygen atoms in total. The number of nitrogens with one attached hydrogen (secondary N) is 1. The van der Waals surface area contributed by atoms with Gasteiger partial charge in [-0.15, -0.1) is 0 Å². The zero-order valence-electron chi connectivity index (χ0n) is 22.0. The van der Waals surface area contributed by atoms with Crippen molar-refractivity contribution in [1.82, 2.24) is 14.5 Å². The predicted octanol–water partition coefficient (Wildman–Crippen LogP) is 5.97. The first kappa shape index (κ1) is 26.3. The molecule has 1 aliphatic heterocycles. The van der Waals surface area contributed by atoms with E-state index in [1.165, 1.54) is 4.90 Å². The molecule has 0 saturated carbocycles. The number of hydrogen-bond donors (Lipinski definition) is 1. The number of aromatic nitrogens is 2. The van der Waals surface area contributed by atoms with Gasteiger partial charge in [0.1, 0.15) is 6.54 Å². The van der Waals surface area contributed by atoms with Crippen LogP contribution in [-0.4, -0.2) is 46.1 Å². The number of benzene rings is 3. The first-order chi connectivity index (χ1) is 18.8. The Kier molecular flexibility index (Phi) is 7.56. The molecular weight excluding hydrogens is 516 g/mol. The summed E-state index contributed by atoms with van der Waals surface area (Å²) in [5.74, 6) is 1.01. The quantitative estimate of drug-likeness (QED) is 0.295. The molecule has 0 saturated heterocycles. The Labute approximate surface area is 232 Å². The molecule has 2 amide bonds. The highest BCUT2D eigenvalue weighted by molar-refractivity contribution is 6.30. The number of imidazole rings is 1. The SMILES string of the molecule is Cc1cccc(-n2cc(-c3ccc(Cl)cc3)nc2NC(=O)CN(CC(C)C)C(=O)c2ccc3c(c2)OCO3)c1. The highest BCUT2D eigenvalue weighted by atomic mass is 35.5. The minimum absolute atomic E-state index is 0.122. The average Bonchev–Trinajstić information content (AvgIpc) is 3.55. The topological polar surface area (TPSA) is 85.7 Å². The molecule has 1 aliphatic rings. The monoisotopic (exact) mass is 544 g/mol. The van der Waals surface area contributed by atoms with Crippen molar-refractivity contribution in [2.45, 2.75) is 20.8 Å². The number of anilines is 1. The van der Waals surface area contributed by atoms with E-state index >= 15 is 0 Å². The van der Waals surface area contributed by atoms with Crippen molar-refractivity contribution >= 4 is 29.4 Å². The Bertz CT molecular complexity index is 1510. The molecule has 2 heterocycles. The van der Waals surface area contributed by atoms with Gasteiger partial charge in [-0.25, -0.2) is 4.98 Å². The Morgan fingerprint density at radius 2 is 1.82 bits per heavy atom. The molecule has 0 aliphatic carbocycles. The molecule has 0 bridgehead atoms. The van der Waals surface area contributed by atoms with Gasteiger partial charge in [-0.3, -0.25) is 19.5 Å². The van der Waals surface area contributed by atoms with Gasteiger partial charge in [0.25, 0.3) is 5.91 Å². The second kappa shape index (κ2) is 11.2. The van der Waals surface area contributed by atoms with Crippen molar-refractivity contribution in [2.24, 2.45) is 5.92 Å². The number of amides is 2. The molecule has 0 fully saturated rings. The molecule has 0 radical (unpaired) electrons. The Morgan fingerprint density at radius 1 is 1.05 bits per heavy atom. The van der Waals surface area contributed by atoms with E-state index in [0.717, 1.165) is 16.8 Å². The van der Waals surface area contributed by atoms with Crippen molar-refractivity contribution < 1.29 is 19.1 Å². The smallest absolute Gasteiger partial charge is 0.254 e. The van der Waals surface area contributed by atoms with E-state index in [-0.39, 0.29) is 31.1 Å². The minimum Gasteiger partial charge on any atom is -0.454 e. The second-order valence-corrected chi connectivity index (χ2v) is 10.3. The van der Waals surface area contributed by atoms with Crippen LogP contribution in [-0.2, 0) is 4.79 Å². The standard InChI is InChI=1S/C30H29ClN4O4/c1-19(2)15-34(29(37)22-9-12-26-27(14-22)39-18-38-26)17-28(36)33-30-32-25(21-7-10-23(31)11-8-21)16-35(30)24-6-4-5-20(3)13-24/h4-14,16,19H,15,17-18H2,1-3H3,(H,32,33,36). The summed E-state index contributed by atoms with van der Waals surface area (Å²) in [6.07, 6.45) is 1.87. The van der Waals surface area contributed by atoms with Crippen molar-refractivity contribution in [1.29, 1.82) is 0 Å². The maximum Gasteiger partial charge on any atom is 0.254 e. The summed E-state index contributed by atoms with van der Waals surface area (Å²) in [7, 11) is 0. The van der Waals surface area contributed by atoms with E-state index in [1.54, 1.807) is 30.3 Å². The molecule has 200 valence electrons. The average molecular weight is 545 g/mol. The minimum atomic E-state index is -0.355. The third kappa shape index (κ3) is 6.07. The molecule has 4 aromatic rings. The largest absolute Gasteiger partial charge is 0.454 e. The van der Waals surface area contributed by atoms with Crippen LogP contribution in [0.3, 0.4) is 0 Å². The molecule has 9 heteroatoms. The van der Waals surface area contributed by atoms with Gasteiger partial charge in [-0.1, -0.05) is 49.7 Å². The molecule has 3 aromatic carbocycles. The number of carbonyl (C=O) groups excluding carboxylic acids is 2. The normalized spacial score (nSPS) is 12.0. The summed E-state index contributed by atoms with van der Waals surface area (Å²) < 4.78 is 12.6. The summed E-state index contributed by atoms with van der Waals surface area (Å²) in [5, 5.41) is 3.56. The number of aryl methyl sites for hydroxylation is 1. The molecule has 39 heavy (non-hydrogen) atoms. The van der Waals surface area contributed by atoms with Crippen LogP contribution in [0.4, 0.5) is 5.95 Å². The third-order valence-electron chi connectivity index (χ3n) is 6.20. The van der Waals surface area contributed by atoms with Crippen molar-refractivity contribution in [3.05, 3.63) is 89.1 Å². The van der Waals surface area contributed by atoms with Crippen LogP contribution in [0.25, 0.3) is 16.9 Å². The van der Waals surface area contributed by atoms with Gasteiger partial charge in [0.2, 0.25) is 18.6 Å². The molecule has 0 atom stereocenters. The summed E-state index contributed by atoms with van der Waals surface area (Å²) in [4.78, 5) is 33.0. The fourth-order valence-corrected chi connectivity index (χ4v) is 4.54. The Balaban J connectivity index is 1.41. The number of rotatable bonds is 8. The fourth-order valence-electron chi connectivity index (χ4n) is 4.41. The zero-order chi connectivity index (χ0) is 27.5. The van der Waals surface area contributed by atoms with E-state index < -0.39 is 0 Å². The van der Waals surface area contributed by atoms with Crippen LogP contribution in [0.15, 0.2) is 72.9 Å². The van der Waals surface area contributed by atoms with E-state index in [4.69, 9.17) is 26.1 Å². The van der Waals surface area contributed by atoms with Crippen LogP contribution in [0.2, 0.25) is 5.02 Å². The predicted molar refractivity (Wildman–Crippen MR) is 151 cm³/mol.